The molecule has 4 rings (SSSR count). The largest absolute Gasteiger partial charge is 0.348 e. The van der Waals surface area contributed by atoms with Gasteiger partial charge in [0.2, 0.25) is 0 Å². The van der Waals surface area contributed by atoms with Crippen molar-refractivity contribution in [3.05, 3.63) is 107 Å². The maximum atomic E-state index is 13.8. The highest BCUT2D eigenvalue weighted by Gasteiger charge is 2.15. The third kappa shape index (κ3) is 3.64. The van der Waals surface area contributed by atoms with Gasteiger partial charge in [-0.15, -0.1) is 0 Å². The summed E-state index contributed by atoms with van der Waals surface area (Å²) in [5.41, 5.74) is 2.84. The van der Waals surface area contributed by atoms with Crippen LogP contribution in [0.3, 0.4) is 0 Å². The summed E-state index contributed by atoms with van der Waals surface area (Å²) in [6.45, 7) is 0.629. The lowest BCUT2D eigenvalue weighted by Gasteiger charge is -2.06. The molecule has 0 radical (unpaired) electrons. The Morgan fingerprint density at radius 3 is 2.46 bits per heavy atom. The molecule has 1 aromatic heterocycles. The van der Waals surface area contributed by atoms with Gasteiger partial charge in [-0.2, -0.15) is 0 Å². The highest BCUT2D eigenvalue weighted by molar-refractivity contribution is 6.07. The molecule has 4 aromatic rings. The number of hydrogen-bond acceptors (Lipinski definition) is 1. The molecular formula is C23H18F2N2O. The van der Waals surface area contributed by atoms with Crippen molar-refractivity contribution in [3.63, 3.8) is 0 Å². The third-order valence-electron chi connectivity index (χ3n) is 4.68. The van der Waals surface area contributed by atoms with E-state index in [1.807, 2.05) is 65.4 Å². The second-order valence-electron chi connectivity index (χ2n) is 6.59. The monoisotopic (exact) mass is 376 g/mol. The first-order valence-corrected chi connectivity index (χ1v) is 8.96. The molecule has 0 unspecified atom stereocenters. The lowest BCUT2D eigenvalue weighted by atomic mass is 10.1. The lowest BCUT2D eigenvalue weighted by Crippen LogP contribution is -2.23. The summed E-state index contributed by atoms with van der Waals surface area (Å²) in [6, 6.07) is 21.0. The van der Waals surface area contributed by atoms with Crippen LogP contribution in [0.25, 0.3) is 10.9 Å². The molecule has 3 aromatic carbocycles. The van der Waals surface area contributed by atoms with E-state index in [2.05, 4.69) is 5.32 Å². The molecule has 0 saturated carbocycles. The van der Waals surface area contributed by atoms with Gasteiger partial charge in [0.25, 0.3) is 5.91 Å². The second-order valence-corrected chi connectivity index (χ2v) is 6.59. The highest BCUT2D eigenvalue weighted by Crippen LogP contribution is 2.22. The molecule has 0 fully saturated rings. The van der Waals surface area contributed by atoms with Gasteiger partial charge in [-0.1, -0.05) is 54.6 Å². The quantitative estimate of drug-likeness (QED) is 0.528. The van der Waals surface area contributed by atoms with Gasteiger partial charge in [0.15, 0.2) is 0 Å². The summed E-state index contributed by atoms with van der Waals surface area (Å²) in [7, 11) is 0. The van der Waals surface area contributed by atoms with Gasteiger partial charge in [0, 0.05) is 41.8 Å². The number of carbonyl (C=O) groups excluding carboxylic acids is 1. The van der Waals surface area contributed by atoms with Crippen LogP contribution in [-0.2, 0) is 13.1 Å². The number of para-hydroxylation sites is 1. The zero-order chi connectivity index (χ0) is 19.5. The summed E-state index contributed by atoms with van der Waals surface area (Å²) in [6.07, 6.45) is 1.81. The van der Waals surface area contributed by atoms with E-state index in [4.69, 9.17) is 0 Å². The fourth-order valence-corrected chi connectivity index (χ4v) is 3.27. The molecule has 0 aliphatic rings. The Morgan fingerprint density at radius 1 is 0.929 bits per heavy atom. The first kappa shape index (κ1) is 17.9. The van der Waals surface area contributed by atoms with E-state index in [9.17, 15) is 13.6 Å². The predicted molar refractivity (Wildman–Crippen MR) is 105 cm³/mol. The van der Waals surface area contributed by atoms with Crippen molar-refractivity contribution in [3.8, 4) is 0 Å². The molecule has 1 N–H and O–H groups in total. The van der Waals surface area contributed by atoms with Gasteiger partial charge in [0.05, 0.1) is 5.56 Å². The number of amides is 1. The number of halogens is 2. The fraction of sp³-hybridized carbons (Fsp3) is 0.0870. The number of fused-ring (bicyclic) bond motifs is 1. The number of benzene rings is 3. The van der Waals surface area contributed by atoms with Gasteiger partial charge < -0.3 is 9.88 Å². The molecule has 0 saturated heterocycles. The number of nitrogens with zero attached hydrogens (tertiary/aromatic N) is 1. The van der Waals surface area contributed by atoms with Crippen LogP contribution in [0, 0.1) is 11.6 Å². The Balaban J connectivity index is 1.60. The zero-order valence-corrected chi connectivity index (χ0v) is 15.0. The molecule has 28 heavy (non-hydrogen) atoms. The van der Waals surface area contributed by atoms with E-state index in [1.54, 1.807) is 0 Å². The highest BCUT2D eigenvalue weighted by atomic mass is 19.1. The molecule has 1 heterocycles. The Kier molecular flexibility index (Phi) is 4.89. The molecule has 0 aliphatic heterocycles. The van der Waals surface area contributed by atoms with Crippen molar-refractivity contribution < 1.29 is 13.6 Å². The Labute approximate surface area is 161 Å². The number of carbonyl (C=O) groups is 1. The number of aromatic nitrogens is 1. The van der Waals surface area contributed by atoms with Gasteiger partial charge in [0.1, 0.15) is 11.6 Å². The van der Waals surface area contributed by atoms with Crippen LogP contribution in [0.2, 0.25) is 0 Å². The van der Waals surface area contributed by atoms with Crippen molar-refractivity contribution in [2.75, 3.05) is 0 Å². The Morgan fingerprint density at radius 2 is 1.68 bits per heavy atom. The zero-order valence-electron chi connectivity index (χ0n) is 15.0. The minimum atomic E-state index is -0.674. The molecule has 3 nitrogen and oxygen atoms in total. The van der Waals surface area contributed by atoms with E-state index in [-0.39, 0.29) is 18.0 Å². The average molecular weight is 376 g/mol. The smallest absolute Gasteiger partial charge is 0.253 e. The van der Waals surface area contributed by atoms with E-state index in [0.29, 0.717) is 12.1 Å². The Bertz CT molecular complexity index is 1140. The predicted octanol–water partition coefficient (Wildman–Crippen LogP) is 4.90. The molecular weight excluding hydrogens is 358 g/mol. The summed E-state index contributed by atoms with van der Waals surface area (Å²) in [5.74, 6) is -1.62. The fourth-order valence-electron chi connectivity index (χ4n) is 3.27. The topological polar surface area (TPSA) is 34.0 Å². The van der Waals surface area contributed by atoms with Crippen LogP contribution in [0.5, 0.6) is 0 Å². The van der Waals surface area contributed by atoms with Gasteiger partial charge >= 0.3 is 0 Å². The van der Waals surface area contributed by atoms with Crippen molar-refractivity contribution >= 4 is 16.8 Å². The van der Waals surface area contributed by atoms with Crippen LogP contribution in [0.1, 0.15) is 21.5 Å². The summed E-state index contributed by atoms with van der Waals surface area (Å²) in [5, 5.41) is 3.56. The van der Waals surface area contributed by atoms with Crippen LogP contribution in [-0.4, -0.2) is 10.5 Å². The van der Waals surface area contributed by atoms with E-state index < -0.39 is 11.6 Å². The van der Waals surface area contributed by atoms with E-state index >= 15 is 0 Å². The minimum absolute atomic E-state index is 0.0108. The molecule has 0 aliphatic carbocycles. The van der Waals surface area contributed by atoms with Crippen molar-refractivity contribution in [1.29, 1.82) is 0 Å². The van der Waals surface area contributed by atoms with Crippen LogP contribution in [0.4, 0.5) is 8.78 Å². The first-order chi connectivity index (χ1) is 13.6. The minimum Gasteiger partial charge on any atom is -0.348 e. The Hall–Kier alpha value is -3.47. The molecule has 5 heteroatoms. The normalized spacial score (nSPS) is 10.9. The molecule has 0 spiro atoms. The summed E-state index contributed by atoms with van der Waals surface area (Å²) >= 11 is 0. The summed E-state index contributed by atoms with van der Waals surface area (Å²) < 4.78 is 28.9. The number of hydrogen-bond donors (Lipinski definition) is 1. The number of rotatable bonds is 5. The van der Waals surface area contributed by atoms with Crippen LogP contribution in [0.15, 0.2) is 79.0 Å². The van der Waals surface area contributed by atoms with Crippen molar-refractivity contribution in [2.45, 2.75) is 13.1 Å². The van der Waals surface area contributed by atoms with E-state index in [0.717, 1.165) is 22.5 Å². The van der Waals surface area contributed by atoms with E-state index in [1.165, 1.54) is 12.1 Å². The van der Waals surface area contributed by atoms with Crippen molar-refractivity contribution in [2.24, 2.45) is 0 Å². The first-order valence-electron chi connectivity index (χ1n) is 8.96. The third-order valence-corrected chi connectivity index (χ3v) is 4.68. The summed E-state index contributed by atoms with van der Waals surface area (Å²) in [4.78, 5) is 12.8. The lowest BCUT2D eigenvalue weighted by molar-refractivity contribution is 0.0952. The average Bonchev–Trinajstić information content (AvgIpc) is 3.07. The molecule has 0 bridgehead atoms. The standard InChI is InChI=1S/C23H18F2N2O/c24-18-11-10-17(21(25)12-18)13-26-23(28)20-15-27(14-16-6-2-1-3-7-16)22-9-5-4-8-19(20)22/h1-12,15H,13-14H2,(H,26,28). The molecule has 140 valence electrons. The van der Waals surface area contributed by atoms with Crippen LogP contribution >= 0.6 is 0 Å². The molecule has 0 atom stereocenters. The van der Waals surface area contributed by atoms with Gasteiger partial charge in [-0.05, 0) is 17.7 Å². The maximum Gasteiger partial charge on any atom is 0.253 e. The number of nitrogens with one attached hydrogen (secondary N) is 1. The molecule has 1 amide bonds. The van der Waals surface area contributed by atoms with Gasteiger partial charge in [-0.3, -0.25) is 4.79 Å². The SMILES string of the molecule is O=C(NCc1ccc(F)cc1F)c1cn(Cc2ccccc2)c2ccccc12. The maximum absolute atomic E-state index is 13.8. The second kappa shape index (κ2) is 7.64. The van der Waals surface area contributed by atoms with Crippen molar-refractivity contribution in [1.82, 2.24) is 9.88 Å². The van der Waals surface area contributed by atoms with Crippen LogP contribution < -0.4 is 5.32 Å². The van der Waals surface area contributed by atoms with Gasteiger partial charge in [-0.25, -0.2) is 8.78 Å².